The number of aryl methyl sites for hydroxylation is 1. The van der Waals surface area contributed by atoms with Gasteiger partial charge in [0.2, 0.25) is 0 Å². The third-order valence-electron chi connectivity index (χ3n) is 1.87. The average molecular weight is 186 g/mol. The summed E-state index contributed by atoms with van der Waals surface area (Å²) in [5, 5.41) is 1.88. The molecular formula is C8H14N2OS. The molecule has 1 heterocycles. The summed E-state index contributed by atoms with van der Waals surface area (Å²) in [6.07, 6.45) is 0. The fourth-order valence-corrected chi connectivity index (χ4v) is 1.76. The Balaban J connectivity index is 2.81. The van der Waals surface area contributed by atoms with Gasteiger partial charge in [0.1, 0.15) is 0 Å². The summed E-state index contributed by atoms with van der Waals surface area (Å²) in [6.45, 7) is 5.36. The summed E-state index contributed by atoms with van der Waals surface area (Å²) < 4.78 is 1.78. The minimum atomic E-state index is 0.118. The molecule has 3 nitrogen and oxygen atoms in total. The zero-order valence-electron chi connectivity index (χ0n) is 7.41. The summed E-state index contributed by atoms with van der Waals surface area (Å²) >= 11 is 1.25. The van der Waals surface area contributed by atoms with Crippen LogP contribution in [0.25, 0.3) is 0 Å². The Morgan fingerprint density at radius 3 is 2.83 bits per heavy atom. The van der Waals surface area contributed by atoms with Crippen LogP contribution in [0.3, 0.4) is 0 Å². The maximum atomic E-state index is 11.2. The van der Waals surface area contributed by atoms with Gasteiger partial charge in [0.15, 0.2) is 0 Å². The molecule has 1 unspecified atom stereocenters. The quantitative estimate of drug-likeness (QED) is 0.759. The van der Waals surface area contributed by atoms with Gasteiger partial charge in [-0.25, -0.2) is 0 Å². The first-order valence-electron chi connectivity index (χ1n) is 4.00. The molecule has 0 aliphatic heterocycles. The van der Waals surface area contributed by atoms with Crippen LogP contribution in [0.4, 0.5) is 0 Å². The molecule has 0 radical (unpaired) electrons. The summed E-state index contributed by atoms with van der Waals surface area (Å²) in [5.41, 5.74) is 6.51. The second-order valence-electron chi connectivity index (χ2n) is 3.09. The normalized spacial score (nSPS) is 13.2. The zero-order chi connectivity index (χ0) is 9.14. The van der Waals surface area contributed by atoms with E-state index < -0.39 is 0 Å². The Hall–Kier alpha value is -0.610. The molecule has 2 N–H and O–H groups in total. The molecule has 1 atom stereocenters. The highest BCUT2D eigenvalue weighted by atomic mass is 32.1. The molecule has 12 heavy (non-hydrogen) atoms. The van der Waals surface area contributed by atoms with Gasteiger partial charge in [0.25, 0.3) is 0 Å². The van der Waals surface area contributed by atoms with Crippen molar-refractivity contribution in [2.24, 2.45) is 11.7 Å². The highest BCUT2D eigenvalue weighted by Gasteiger charge is 2.05. The molecule has 0 fully saturated rings. The van der Waals surface area contributed by atoms with Gasteiger partial charge < -0.3 is 10.3 Å². The van der Waals surface area contributed by atoms with E-state index in [-0.39, 0.29) is 4.87 Å². The van der Waals surface area contributed by atoms with Gasteiger partial charge in [0, 0.05) is 17.6 Å². The van der Waals surface area contributed by atoms with Crippen molar-refractivity contribution in [3.05, 3.63) is 20.7 Å². The van der Waals surface area contributed by atoms with Crippen LogP contribution in [0.5, 0.6) is 0 Å². The largest absolute Gasteiger partial charge is 0.330 e. The lowest BCUT2D eigenvalue weighted by atomic mass is 10.2. The van der Waals surface area contributed by atoms with Crippen molar-refractivity contribution in [2.75, 3.05) is 6.54 Å². The van der Waals surface area contributed by atoms with Crippen molar-refractivity contribution in [1.82, 2.24) is 4.57 Å². The number of hydrogen-bond acceptors (Lipinski definition) is 3. The topological polar surface area (TPSA) is 48.0 Å². The molecule has 0 bridgehead atoms. The Bertz CT molecular complexity index is 302. The van der Waals surface area contributed by atoms with E-state index in [1.807, 2.05) is 19.2 Å². The maximum absolute atomic E-state index is 11.2. The standard InChI is InChI=1S/C8H14N2OS/c1-6(3-9)4-10-7(2)5-12-8(10)11/h5-6H,3-4,9H2,1-2H3. The van der Waals surface area contributed by atoms with Gasteiger partial charge in [-0.05, 0) is 19.4 Å². The van der Waals surface area contributed by atoms with Crippen LogP contribution >= 0.6 is 11.3 Å². The van der Waals surface area contributed by atoms with E-state index in [0.717, 1.165) is 12.2 Å². The van der Waals surface area contributed by atoms with E-state index >= 15 is 0 Å². The lowest BCUT2D eigenvalue weighted by Gasteiger charge is -2.09. The Kier molecular flexibility index (Phi) is 3.05. The van der Waals surface area contributed by atoms with E-state index in [0.29, 0.717) is 12.5 Å². The van der Waals surface area contributed by atoms with E-state index in [1.54, 1.807) is 4.57 Å². The molecule has 0 saturated carbocycles. The summed E-state index contributed by atoms with van der Waals surface area (Å²) in [5.74, 6) is 0.371. The second-order valence-corrected chi connectivity index (χ2v) is 3.92. The predicted molar refractivity (Wildman–Crippen MR) is 51.5 cm³/mol. The zero-order valence-corrected chi connectivity index (χ0v) is 8.23. The molecule has 0 aliphatic rings. The summed E-state index contributed by atoms with van der Waals surface area (Å²) in [4.78, 5) is 11.4. The molecule has 1 aromatic heterocycles. The number of thiazole rings is 1. The maximum Gasteiger partial charge on any atom is 0.307 e. The van der Waals surface area contributed by atoms with E-state index in [2.05, 4.69) is 0 Å². The number of hydrogen-bond donors (Lipinski definition) is 1. The monoisotopic (exact) mass is 186 g/mol. The molecule has 4 heteroatoms. The third kappa shape index (κ3) is 1.95. The van der Waals surface area contributed by atoms with Crippen LogP contribution in [0.2, 0.25) is 0 Å². The van der Waals surface area contributed by atoms with Crippen LogP contribution < -0.4 is 10.6 Å². The smallest absolute Gasteiger partial charge is 0.307 e. The Morgan fingerprint density at radius 1 is 1.75 bits per heavy atom. The molecule has 0 aliphatic carbocycles. The number of rotatable bonds is 3. The average Bonchev–Trinajstić information content (AvgIpc) is 2.35. The Labute approximate surface area is 75.8 Å². The first kappa shape index (κ1) is 9.48. The molecule has 0 spiro atoms. The summed E-state index contributed by atoms with van der Waals surface area (Å²) in [6, 6.07) is 0. The minimum absolute atomic E-state index is 0.118. The van der Waals surface area contributed by atoms with E-state index in [4.69, 9.17) is 5.73 Å². The second kappa shape index (κ2) is 3.87. The van der Waals surface area contributed by atoms with Gasteiger partial charge in [-0.15, -0.1) is 0 Å². The highest BCUT2D eigenvalue weighted by Crippen LogP contribution is 2.03. The van der Waals surface area contributed by atoms with Crippen LogP contribution in [0.15, 0.2) is 10.2 Å². The fraction of sp³-hybridized carbons (Fsp3) is 0.625. The van der Waals surface area contributed by atoms with E-state index in [1.165, 1.54) is 11.3 Å². The predicted octanol–water partition coefficient (Wildman–Crippen LogP) is 0.813. The van der Waals surface area contributed by atoms with Crippen molar-refractivity contribution in [3.63, 3.8) is 0 Å². The molecule has 1 aromatic rings. The molecule has 68 valence electrons. The van der Waals surface area contributed by atoms with Crippen molar-refractivity contribution < 1.29 is 0 Å². The van der Waals surface area contributed by atoms with Crippen LogP contribution in [-0.2, 0) is 6.54 Å². The SMILES string of the molecule is Cc1csc(=O)n1CC(C)CN. The first-order valence-corrected chi connectivity index (χ1v) is 4.88. The molecule has 1 rings (SSSR count). The molecule has 0 saturated heterocycles. The highest BCUT2D eigenvalue weighted by molar-refractivity contribution is 7.07. The van der Waals surface area contributed by atoms with Gasteiger partial charge in [-0.1, -0.05) is 18.3 Å². The van der Waals surface area contributed by atoms with Gasteiger partial charge in [-0.3, -0.25) is 4.79 Å². The van der Waals surface area contributed by atoms with Crippen LogP contribution in [0, 0.1) is 12.8 Å². The lowest BCUT2D eigenvalue weighted by molar-refractivity contribution is 0.481. The third-order valence-corrected chi connectivity index (χ3v) is 2.75. The minimum Gasteiger partial charge on any atom is -0.330 e. The van der Waals surface area contributed by atoms with Crippen molar-refractivity contribution in [1.29, 1.82) is 0 Å². The number of aromatic nitrogens is 1. The van der Waals surface area contributed by atoms with Crippen molar-refractivity contribution >= 4 is 11.3 Å². The van der Waals surface area contributed by atoms with Crippen LogP contribution in [-0.4, -0.2) is 11.1 Å². The van der Waals surface area contributed by atoms with Crippen molar-refractivity contribution in [3.8, 4) is 0 Å². The van der Waals surface area contributed by atoms with Gasteiger partial charge in [-0.2, -0.15) is 0 Å². The van der Waals surface area contributed by atoms with E-state index in [9.17, 15) is 4.79 Å². The Morgan fingerprint density at radius 2 is 2.42 bits per heavy atom. The van der Waals surface area contributed by atoms with Gasteiger partial charge in [0.05, 0.1) is 0 Å². The molecule has 0 amide bonds. The fourth-order valence-electron chi connectivity index (χ4n) is 1.01. The molecule has 0 aromatic carbocycles. The first-order chi connectivity index (χ1) is 5.65. The molecular weight excluding hydrogens is 172 g/mol. The van der Waals surface area contributed by atoms with Crippen molar-refractivity contribution in [2.45, 2.75) is 20.4 Å². The van der Waals surface area contributed by atoms with Gasteiger partial charge >= 0.3 is 4.87 Å². The number of nitrogens with zero attached hydrogens (tertiary/aromatic N) is 1. The summed E-state index contributed by atoms with van der Waals surface area (Å²) in [7, 11) is 0. The lowest BCUT2D eigenvalue weighted by Crippen LogP contribution is -2.23. The van der Waals surface area contributed by atoms with Crippen LogP contribution in [0.1, 0.15) is 12.6 Å². The number of nitrogens with two attached hydrogens (primary N) is 1.